The number of hydrogen-bond acceptors (Lipinski definition) is 2. The second-order valence-corrected chi connectivity index (χ2v) is 3.10. The first-order valence-electron chi connectivity index (χ1n) is 4.70. The Bertz CT molecular complexity index is 388. The fourth-order valence-electron chi connectivity index (χ4n) is 1.50. The summed E-state index contributed by atoms with van der Waals surface area (Å²) in [5.41, 5.74) is 2.99. The third-order valence-electron chi connectivity index (χ3n) is 2.16. The Morgan fingerprint density at radius 1 is 1.36 bits per heavy atom. The monoisotopic (exact) mass is 184 g/mol. The minimum Gasteiger partial charge on any atom is -0.282 e. The van der Waals surface area contributed by atoms with Crippen LogP contribution in [0.5, 0.6) is 0 Å². The number of nitrogens with zero attached hydrogens (tertiary/aromatic N) is 2. The first-order valence-corrected chi connectivity index (χ1v) is 4.70. The van der Waals surface area contributed by atoms with Gasteiger partial charge in [0.1, 0.15) is 0 Å². The van der Waals surface area contributed by atoms with E-state index in [1.54, 1.807) is 6.20 Å². The minimum atomic E-state index is 0.850. The summed E-state index contributed by atoms with van der Waals surface area (Å²) < 4.78 is 0. The van der Waals surface area contributed by atoms with Gasteiger partial charge in [0.15, 0.2) is 0 Å². The Morgan fingerprint density at radius 3 is 3.00 bits per heavy atom. The summed E-state index contributed by atoms with van der Waals surface area (Å²) in [5.74, 6) is 0. The van der Waals surface area contributed by atoms with E-state index in [-0.39, 0.29) is 0 Å². The van der Waals surface area contributed by atoms with E-state index in [4.69, 9.17) is 0 Å². The van der Waals surface area contributed by atoms with Crippen LogP contribution < -0.4 is 0 Å². The number of aliphatic imine (C=N–C) groups is 1. The highest BCUT2D eigenvalue weighted by Gasteiger charge is 2.10. The van der Waals surface area contributed by atoms with Gasteiger partial charge in [-0.25, -0.2) is 0 Å². The van der Waals surface area contributed by atoms with Crippen molar-refractivity contribution in [1.82, 2.24) is 4.98 Å². The molecule has 0 aromatic carbocycles. The molecule has 0 unspecified atom stereocenters. The van der Waals surface area contributed by atoms with Gasteiger partial charge in [-0.2, -0.15) is 0 Å². The zero-order valence-corrected chi connectivity index (χ0v) is 7.98. The number of hydrogen-bond donors (Lipinski definition) is 0. The maximum absolute atomic E-state index is 4.47. The molecule has 1 aromatic rings. The van der Waals surface area contributed by atoms with Crippen LogP contribution in [0.2, 0.25) is 0 Å². The quantitative estimate of drug-likeness (QED) is 0.692. The van der Waals surface area contributed by atoms with Gasteiger partial charge in [-0.05, 0) is 24.1 Å². The average Bonchev–Trinajstić information content (AvgIpc) is 2.30. The third-order valence-corrected chi connectivity index (χ3v) is 2.16. The van der Waals surface area contributed by atoms with Crippen molar-refractivity contribution < 1.29 is 0 Å². The van der Waals surface area contributed by atoms with Gasteiger partial charge in [0.25, 0.3) is 0 Å². The molecule has 2 nitrogen and oxygen atoms in total. The summed E-state index contributed by atoms with van der Waals surface area (Å²) in [6.07, 6.45) is 6.78. The fraction of sp³-hybridized carbons (Fsp3) is 0.167. The van der Waals surface area contributed by atoms with Gasteiger partial charge < -0.3 is 0 Å². The van der Waals surface area contributed by atoms with Crippen molar-refractivity contribution in [2.45, 2.75) is 6.42 Å². The van der Waals surface area contributed by atoms with E-state index in [1.165, 1.54) is 0 Å². The van der Waals surface area contributed by atoms with Crippen LogP contribution in [0.1, 0.15) is 12.1 Å². The van der Waals surface area contributed by atoms with Gasteiger partial charge in [0, 0.05) is 12.7 Å². The standard InChI is InChI=1S/C12H12N2/c1-2-10-6-5-9-14-12(10)11-7-3-4-8-13-11/h2-4,6-8H,1,5,9H2. The van der Waals surface area contributed by atoms with Crippen molar-refractivity contribution >= 4 is 5.71 Å². The molecule has 1 aliphatic heterocycles. The molecular weight excluding hydrogens is 172 g/mol. The van der Waals surface area contributed by atoms with Crippen molar-refractivity contribution in [2.24, 2.45) is 4.99 Å². The lowest BCUT2D eigenvalue weighted by atomic mass is 10.0. The van der Waals surface area contributed by atoms with E-state index in [0.29, 0.717) is 0 Å². The Balaban J connectivity index is 2.39. The normalized spacial score (nSPS) is 15.7. The highest BCUT2D eigenvalue weighted by Crippen LogP contribution is 2.13. The molecule has 2 rings (SSSR count). The van der Waals surface area contributed by atoms with E-state index in [1.807, 2.05) is 24.3 Å². The molecule has 14 heavy (non-hydrogen) atoms. The van der Waals surface area contributed by atoms with Crippen LogP contribution in [0, 0.1) is 0 Å². The van der Waals surface area contributed by atoms with Crippen LogP contribution in [0.4, 0.5) is 0 Å². The molecule has 2 heterocycles. The Hall–Kier alpha value is -1.70. The predicted octanol–water partition coefficient (Wildman–Crippen LogP) is 2.39. The van der Waals surface area contributed by atoms with Crippen molar-refractivity contribution in [1.29, 1.82) is 0 Å². The SMILES string of the molecule is C=CC1=CCCN=C1c1ccccn1. The van der Waals surface area contributed by atoms with Crippen LogP contribution in [0.15, 0.2) is 53.7 Å². The van der Waals surface area contributed by atoms with E-state index in [9.17, 15) is 0 Å². The Labute approximate surface area is 83.7 Å². The summed E-state index contributed by atoms with van der Waals surface area (Å²) >= 11 is 0. The average molecular weight is 184 g/mol. The molecule has 0 saturated heterocycles. The van der Waals surface area contributed by atoms with E-state index < -0.39 is 0 Å². The molecule has 0 saturated carbocycles. The summed E-state index contributed by atoms with van der Waals surface area (Å²) in [5, 5.41) is 0. The fourth-order valence-corrected chi connectivity index (χ4v) is 1.50. The summed E-state index contributed by atoms with van der Waals surface area (Å²) in [4.78, 5) is 8.75. The highest BCUT2D eigenvalue weighted by atomic mass is 14.8. The first kappa shape index (κ1) is 8.88. The van der Waals surface area contributed by atoms with Gasteiger partial charge in [-0.3, -0.25) is 9.98 Å². The Morgan fingerprint density at radius 2 is 2.29 bits per heavy atom. The second-order valence-electron chi connectivity index (χ2n) is 3.10. The molecule has 1 aliphatic rings. The molecule has 70 valence electrons. The molecule has 1 aromatic heterocycles. The van der Waals surface area contributed by atoms with E-state index in [2.05, 4.69) is 22.6 Å². The number of dihydropyridines is 1. The van der Waals surface area contributed by atoms with Gasteiger partial charge in [0.05, 0.1) is 11.4 Å². The molecular formula is C12H12N2. The van der Waals surface area contributed by atoms with E-state index >= 15 is 0 Å². The van der Waals surface area contributed by atoms with Crippen molar-refractivity contribution in [3.05, 3.63) is 54.4 Å². The maximum atomic E-state index is 4.47. The minimum absolute atomic E-state index is 0.850. The van der Waals surface area contributed by atoms with Crippen LogP contribution >= 0.6 is 0 Å². The van der Waals surface area contributed by atoms with Crippen LogP contribution in [-0.4, -0.2) is 17.2 Å². The predicted molar refractivity (Wildman–Crippen MR) is 58.5 cm³/mol. The lowest BCUT2D eigenvalue weighted by Gasteiger charge is -2.11. The molecule has 0 fully saturated rings. The highest BCUT2D eigenvalue weighted by molar-refractivity contribution is 6.13. The smallest absolute Gasteiger partial charge is 0.0899 e. The molecule has 0 aliphatic carbocycles. The van der Waals surface area contributed by atoms with Gasteiger partial charge >= 0.3 is 0 Å². The number of pyridine rings is 1. The molecule has 0 spiro atoms. The zero-order chi connectivity index (χ0) is 9.80. The second kappa shape index (κ2) is 4.01. The molecule has 0 radical (unpaired) electrons. The van der Waals surface area contributed by atoms with Gasteiger partial charge in [-0.15, -0.1) is 0 Å². The van der Waals surface area contributed by atoms with Gasteiger partial charge in [-0.1, -0.05) is 24.8 Å². The lowest BCUT2D eigenvalue weighted by molar-refractivity contribution is 0.982. The van der Waals surface area contributed by atoms with Crippen LogP contribution in [0.3, 0.4) is 0 Å². The molecule has 0 N–H and O–H groups in total. The zero-order valence-electron chi connectivity index (χ0n) is 7.98. The lowest BCUT2D eigenvalue weighted by Crippen LogP contribution is -2.10. The summed E-state index contributed by atoms with van der Waals surface area (Å²) in [7, 11) is 0. The Kier molecular flexibility index (Phi) is 2.54. The number of allylic oxidation sites excluding steroid dienone is 2. The van der Waals surface area contributed by atoms with Crippen LogP contribution in [-0.2, 0) is 0 Å². The topological polar surface area (TPSA) is 25.2 Å². The van der Waals surface area contributed by atoms with E-state index in [0.717, 1.165) is 29.9 Å². The van der Waals surface area contributed by atoms with Crippen LogP contribution in [0.25, 0.3) is 0 Å². The van der Waals surface area contributed by atoms with Crippen molar-refractivity contribution in [3.8, 4) is 0 Å². The number of rotatable bonds is 2. The molecule has 2 heteroatoms. The number of aromatic nitrogens is 1. The van der Waals surface area contributed by atoms with Crippen molar-refractivity contribution in [3.63, 3.8) is 0 Å². The third kappa shape index (κ3) is 1.64. The molecule has 0 bridgehead atoms. The molecule has 0 amide bonds. The largest absolute Gasteiger partial charge is 0.282 e. The first-order chi connectivity index (χ1) is 6.92. The molecule has 0 atom stereocenters. The van der Waals surface area contributed by atoms with Crippen molar-refractivity contribution in [2.75, 3.05) is 6.54 Å². The maximum Gasteiger partial charge on any atom is 0.0899 e. The summed E-state index contributed by atoms with van der Waals surface area (Å²) in [6.45, 7) is 4.63. The summed E-state index contributed by atoms with van der Waals surface area (Å²) in [6, 6.07) is 5.85. The van der Waals surface area contributed by atoms with Gasteiger partial charge in [0.2, 0.25) is 0 Å².